The van der Waals surface area contributed by atoms with Crippen LogP contribution >= 0.6 is 0 Å². The molecule has 2 saturated carbocycles. The van der Waals surface area contributed by atoms with Crippen LogP contribution in [0, 0.1) is 11.8 Å². The Balaban J connectivity index is 1.53. The highest BCUT2D eigenvalue weighted by Crippen LogP contribution is 2.36. The molecule has 1 aromatic heterocycles. The van der Waals surface area contributed by atoms with Gasteiger partial charge < -0.3 is 45.9 Å². The molecule has 1 aromatic carbocycles. The summed E-state index contributed by atoms with van der Waals surface area (Å²) in [5.74, 6) is -1.63. The van der Waals surface area contributed by atoms with Crippen molar-refractivity contribution in [1.29, 1.82) is 0 Å². The summed E-state index contributed by atoms with van der Waals surface area (Å²) < 4.78 is 10.8. The number of ether oxygens (including phenoxy) is 2. The summed E-state index contributed by atoms with van der Waals surface area (Å²) in [6.45, 7) is 9.56. The van der Waals surface area contributed by atoms with Crippen LogP contribution < -0.4 is 21.3 Å². The maximum absolute atomic E-state index is 14.2. The Morgan fingerprint density at radius 2 is 1.48 bits per heavy atom. The number of aliphatic hydroxyl groups excluding tert-OH is 2. The summed E-state index contributed by atoms with van der Waals surface area (Å²) in [5, 5.41) is 33.5. The maximum atomic E-state index is 14.2. The van der Waals surface area contributed by atoms with Gasteiger partial charge in [-0.25, -0.2) is 14.6 Å². The molecule has 5 atom stereocenters. The minimum Gasteiger partial charge on any atom is -0.444 e. The fraction of sp³-hybridized carbons (Fsp3) is 0.667. The number of amides is 5. The third-order valence-corrected chi connectivity index (χ3v) is 10.1. The van der Waals surface area contributed by atoms with Gasteiger partial charge in [-0.3, -0.25) is 19.3 Å². The number of aliphatic hydroxyl groups is 2. The Bertz CT molecular complexity index is 1620. The normalized spacial score (nSPS) is 17.4. The molecule has 0 aliphatic heterocycles. The van der Waals surface area contributed by atoms with Crippen molar-refractivity contribution >= 4 is 29.9 Å². The Morgan fingerprint density at radius 3 is 2.09 bits per heavy atom. The second-order valence-electron chi connectivity index (χ2n) is 17.7. The Labute approximate surface area is 342 Å². The van der Waals surface area contributed by atoms with E-state index in [0.29, 0.717) is 12.1 Å². The summed E-state index contributed by atoms with van der Waals surface area (Å²) in [4.78, 5) is 75.9. The van der Waals surface area contributed by atoms with E-state index in [9.17, 15) is 34.2 Å². The average molecular weight is 812 g/mol. The second-order valence-corrected chi connectivity index (χ2v) is 17.7. The topological polar surface area (TPSA) is 224 Å². The average Bonchev–Trinajstić information content (AvgIpc) is 3.87. The molecular formula is C42H65N7O9. The highest BCUT2D eigenvalue weighted by atomic mass is 16.6. The van der Waals surface area contributed by atoms with Gasteiger partial charge in [0.1, 0.15) is 35.9 Å². The van der Waals surface area contributed by atoms with Gasteiger partial charge in [-0.2, -0.15) is 0 Å². The molecule has 5 amide bonds. The second kappa shape index (κ2) is 21.3. The molecule has 0 spiro atoms. The molecule has 0 saturated heterocycles. The lowest BCUT2D eigenvalue weighted by atomic mass is 9.82. The van der Waals surface area contributed by atoms with Gasteiger partial charge >= 0.3 is 12.2 Å². The van der Waals surface area contributed by atoms with Crippen LogP contribution in [-0.4, -0.2) is 116 Å². The Morgan fingerprint density at radius 1 is 0.845 bits per heavy atom. The van der Waals surface area contributed by atoms with Crippen LogP contribution in [0.25, 0.3) is 0 Å². The largest absolute Gasteiger partial charge is 0.444 e. The fourth-order valence-electron chi connectivity index (χ4n) is 7.04. The monoisotopic (exact) mass is 811 g/mol. The zero-order chi connectivity index (χ0) is 42.5. The maximum Gasteiger partial charge on any atom is 0.410 e. The van der Waals surface area contributed by atoms with Gasteiger partial charge in [0.2, 0.25) is 17.7 Å². The number of hydrogen-bond acceptors (Lipinski definition) is 10. The zero-order valence-corrected chi connectivity index (χ0v) is 34.9. The number of H-pyrrole nitrogens is 1. The minimum absolute atomic E-state index is 0.0175. The first-order valence-corrected chi connectivity index (χ1v) is 20.6. The Kier molecular flexibility index (Phi) is 16.9. The van der Waals surface area contributed by atoms with Crippen LogP contribution in [-0.2, 0) is 36.7 Å². The van der Waals surface area contributed by atoms with Gasteiger partial charge in [0.05, 0.1) is 18.5 Å². The first-order chi connectivity index (χ1) is 27.4. The number of hydrogen-bond donors (Lipinski definition) is 7. The van der Waals surface area contributed by atoms with Crippen LogP contribution in [0.5, 0.6) is 0 Å². The molecule has 2 fully saturated rings. The fourth-order valence-corrected chi connectivity index (χ4v) is 7.04. The molecule has 0 unspecified atom stereocenters. The third-order valence-electron chi connectivity index (χ3n) is 10.1. The van der Waals surface area contributed by atoms with Gasteiger partial charge in [-0.15, -0.1) is 0 Å². The predicted molar refractivity (Wildman–Crippen MR) is 216 cm³/mol. The minimum atomic E-state index is -1.19. The smallest absolute Gasteiger partial charge is 0.410 e. The summed E-state index contributed by atoms with van der Waals surface area (Å²) in [5.41, 5.74) is -0.323. The number of alkyl carbamates (subject to hydrolysis) is 1. The van der Waals surface area contributed by atoms with E-state index >= 15 is 0 Å². The van der Waals surface area contributed by atoms with Gasteiger partial charge in [0.15, 0.2) is 0 Å². The lowest BCUT2D eigenvalue weighted by molar-refractivity contribution is -0.133. The number of nitrogens with zero attached hydrogens (tertiary/aromatic N) is 2. The van der Waals surface area contributed by atoms with Crippen LogP contribution in [0.3, 0.4) is 0 Å². The SMILES string of the molecule is CC(C)(C)OC(=O)NCCN(CC(=O)N[C@@H](Cc1ccccc1)C(=O)N[C@@H](Cc1cnc[nH]1)C(=O)N[C@@H](CC1CCCCC1)[C@@H](O)[C@@H](O)C1CC1)C(=O)OC(C)(C)C. The van der Waals surface area contributed by atoms with Gasteiger partial charge in [0, 0.05) is 37.8 Å². The van der Waals surface area contributed by atoms with Crippen LogP contribution in [0.15, 0.2) is 42.9 Å². The molecule has 7 N–H and O–H groups in total. The number of benzene rings is 1. The van der Waals surface area contributed by atoms with Crippen molar-refractivity contribution in [2.45, 2.75) is 147 Å². The molecule has 2 aliphatic rings. The number of imidazole rings is 1. The molecule has 1 heterocycles. The molecular weight excluding hydrogens is 747 g/mol. The highest BCUT2D eigenvalue weighted by Gasteiger charge is 2.40. The van der Waals surface area contributed by atoms with Crippen molar-refractivity contribution < 1.29 is 43.7 Å². The number of rotatable bonds is 19. The van der Waals surface area contributed by atoms with Crippen molar-refractivity contribution in [3.05, 3.63) is 54.1 Å². The van der Waals surface area contributed by atoms with Crippen molar-refractivity contribution in [2.75, 3.05) is 19.6 Å². The quantitative estimate of drug-likeness (QED) is 0.109. The van der Waals surface area contributed by atoms with Gasteiger partial charge in [0.25, 0.3) is 0 Å². The van der Waals surface area contributed by atoms with E-state index in [4.69, 9.17) is 9.47 Å². The molecule has 16 heteroatoms. The summed E-state index contributed by atoms with van der Waals surface area (Å²) >= 11 is 0. The number of nitrogens with one attached hydrogen (secondary N) is 5. The lowest BCUT2D eigenvalue weighted by Crippen LogP contribution is -2.59. The first-order valence-electron chi connectivity index (χ1n) is 20.6. The highest BCUT2D eigenvalue weighted by molar-refractivity contribution is 5.93. The van der Waals surface area contributed by atoms with Crippen molar-refractivity contribution in [3.63, 3.8) is 0 Å². The van der Waals surface area contributed by atoms with E-state index in [0.717, 1.165) is 55.4 Å². The summed E-state index contributed by atoms with van der Waals surface area (Å²) in [7, 11) is 0. The number of aromatic nitrogens is 2. The van der Waals surface area contributed by atoms with E-state index in [1.807, 2.05) is 6.07 Å². The van der Waals surface area contributed by atoms with Crippen molar-refractivity contribution in [2.24, 2.45) is 11.8 Å². The van der Waals surface area contributed by atoms with E-state index in [1.54, 1.807) is 72.0 Å². The molecule has 58 heavy (non-hydrogen) atoms. The standard InChI is InChI=1S/C42H65N7O9/c1-41(2,3)57-39(55)44-19-20-49(40(56)58-42(4,5)6)25-34(50)46-32(22-28-15-11-8-12-16-28)37(53)48-33(23-30-24-43-26-45-30)38(54)47-31(21-27-13-9-7-10-14-27)36(52)35(51)29-17-18-29/h8,11-12,15-16,24,26-27,29,31-33,35-36,51-52H,7,9-10,13-14,17-23,25H2,1-6H3,(H,43,45)(H,44,55)(H,46,50)(H,47,54)(H,48,53)/t31-,32-,33-,35-,36+/m0/s1. The molecule has 0 radical (unpaired) electrons. The van der Waals surface area contributed by atoms with Crippen LogP contribution in [0.1, 0.15) is 104 Å². The van der Waals surface area contributed by atoms with Crippen molar-refractivity contribution in [3.8, 4) is 0 Å². The van der Waals surface area contributed by atoms with Crippen LogP contribution in [0.4, 0.5) is 9.59 Å². The summed E-state index contributed by atoms with van der Waals surface area (Å²) in [6.07, 6.45) is 6.78. The first kappa shape index (κ1) is 46.0. The van der Waals surface area contributed by atoms with E-state index in [1.165, 1.54) is 6.33 Å². The summed E-state index contributed by atoms with van der Waals surface area (Å²) in [6, 6.07) is 5.96. The van der Waals surface area contributed by atoms with Crippen LogP contribution in [0.2, 0.25) is 0 Å². The molecule has 2 aromatic rings. The molecule has 0 bridgehead atoms. The molecule has 4 rings (SSSR count). The number of carbonyl (C=O) groups excluding carboxylic acids is 5. The molecule has 2 aliphatic carbocycles. The number of aromatic amines is 1. The zero-order valence-electron chi connectivity index (χ0n) is 34.9. The van der Waals surface area contributed by atoms with Gasteiger partial charge in [-0.05, 0) is 78.2 Å². The third kappa shape index (κ3) is 16.3. The molecule has 322 valence electrons. The predicted octanol–water partition coefficient (Wildman–Crippen LogP) is 3.51. The lowest BCUT2D eigenvalue weighted by Gasteiger charge is -2.33. The Hall–Kier alpha value is -4.70. The van der Waals surface area contributed by atoms with E-state index in [2.05, 4.69) is 31.2 Å². The molecule has 16 nitrogen and oxygen atoms in total. The van der Waals surface area contributed by atoms with Crippen molar-refractivity contribution in [1.82, 2.24) is 36.1 Å². The van der Waals surface area contributed by atoms with Gasteiger partial charge in [-0.1, -0.05) is 62.4 Å². The number of carbonyl (C=O) groups is 5. The van der Waals surface area contributed by atoms with E-state index < -0.39 is 78.0 Å². The van der Waals surface area contributed by atoms with E-state index in [-0.39, 0.29) is 37.8 Å².